The van der Waals surface area contributed by atoms with E-state index in [1.165, 1.54) is 18.2 Å². The molecule has 3 heterocycles. The number of nitrogens with zero attached hydrogens (tertiary/aromatic N) is 4. The van der Waals surface area contributed by atoms with Crippen molar-refractivity contribution in [2.75, 3.05) is 5.32 Å². The van der Waals surface area contributed by atoms with Gasteiger partial charge in [-0.3, -0.25) is 14.8 Å². The Kier molecular flexibility index (Phi) is 6.43. The third kappa shape index (κ3) is 4.92. The van der Waals surface area contributed by atoms with E-state index in [0.717, 1.165) is 16.8 Å². The van der Waals surface area contributed by atoms with E-state index in [4.69, 9.17) is 21.0 Å². The van der Waals surface area contributed by atoms with Crippen LogP contribution < -0.4 is 16.0 Å². The fourth-order valence-corrected chi connectivity index (χ4v) is 4.49. The molecule has 0 bridgehead atoms. The van der Waals surface area contributed by atoms with Crippen molar-refractivity contribution in [3.8, 4) is 0 Å². The number of aryl methyl sites for hydroxylation is 2. The summed E-state index contributed by atoms with van der Waals surface area (Å²) in [6, 6.07) is 9.15. The number of anilines is 1. The van der Waals surface area contributed by atoms with E-state index in [1.807, 2.05) is 39.1 Å². The average Bonchev–Trinajstić information content (AvgIpc) is 3.38. The van der Waals surface area contributed by atoms with Crippen LogP contribution in [0.5, 0.6) is 0 Å². The van der Waals surface area contributed by atoms with Crippen molar-refractivity contribution in [1.29, 1.82) is 0 Å². The van der Waals surface area contributed by atoms with E-state index in [2.05, 4.69) is 26.0 Å². The molecular weight excluding hydrogens is 497 g/mol. The molecule has 190 valence electrons. The zero-order chi connectivity index (χ0) is 26.3. The van der Waals surface area contributed by atoms with E-state index in [1.54, 1.807) is 17.8 Å². The van der Waals surface area contributed by atoms with Gasteiger partial charge in [-0.15, -0.1) is 0 Å². The maximum Gasteiger partial charge on any atom is 0.302 e. The molecule has 0 saturated heterocycles. The number of allylic oxidation sites excluding steroid dienone is 1. The van der Waals surface area contributed by atoms with E-state index in [0.29, 0.717) is 45.5 Å². The molecule has 9 nitrogen and oxygen atoms in total. The van der Waals surface area contributed by atoms with Gasteiger partial charge in [-0.2, -0.15) is 10.1 Å². The average molecular weight is 522 g/mol. The molecule has 2 aromatic carbocycles. The molecule has 1 unspecified atom stereocenters. The van der Waals surface area contributed by atoms with Gasteiger partial charge in [-0.05, 0) is 44.5 Å². The van der Waals surface area contributed by atoms with Crippen LogP contribution in [0.4, 0.5) is 10.4 Å². The number of aliphatic imine (C=N–C) groups is 1. The summed E-state index contributed by atoms with van der Waals surface area (Å²) >= 11 is 6.61. The smallest absolute Gasteiger partial charge is 0.302 e. The topological polar surface area (TPSA) is 109 Å². The Hall–Kier alpha value is -4.18. The lowest BCUT2D eigenvalue weighted by atomic mass is 9.95. The van der Waals surface area contributed by atoms with Crippen LogP contribution in [0.25, 0.3) is 11.1 Å². The number of amides is 1. The highest BCUT2D eigenvalue weighted by Crippen LogP contribution is 2.35. The van der Waals surface area contributed by atoms with Gasteiger partial charge in [-0.25, -0.2) is 9.38 Å². The first-order valence-corrected chi connectivity index (χ1v) is 12.0. The predicted molar refractivity (Wildman–Crippen MR) is 140 cm³/mol. The lowest BCUT2D eigenvalue weighted by molar-refractivity contribution is -0.118. The summed E-state index contributed by atoms with van der Waals surface area (Å²) in [6.07, 6.45) is 1.73. The fraction of sp³-hybridized carbons (Fsp3) is 0.231. The molecule has 1 aliphatic heterocycles. The molecule has 1 atom stereocenters. The molecule has 0 spiro atoms. The third-order valence-electron chi connectivity index (χ3n) is 6.29. The third-order valence-corrected chi connectivity index (χ3v) is 6.62. The standard InChI is InChI=1S/C26H25ClFN7O2/c1-13-5-7-18(19(27)9-13)23-22(24(36)29-11-16-12-30-35(4)15(16)3)14(2)31-25(33-23)34-26-32-20-8-6-17(28)10-21(20)37-26/h5-10,12,23H,11H2,1-4H3,(H,29,36)(H2,31,32,33,34). The van der Waals surface area contributed by atoms with Crippen LogP contribution in [0.3, 0.4) is 0 Å². The summed E-state index contributed by atoms with van der Waals surface area (Å²) in [5.74, 6) is -0.394. The second-order valence-electron chi connectivity index (χ2n) is 8.89. The normalized spacial score (nSPS) is 15.5. The van der Waals surface area contributed by atoms with Crippen LogP contribution >= 0.6 is 11.6 Å². The molecule has 4 aromatic rings. The second kappa shape index (κ2) is 9.70. The second-order valence-corrected chi connectivity index (χ2v) is 9.29. The van der Waals surface area contributed by atoms with Crippen molar-refractivity contribution >= 4 is 40.6 Å². The first-order chi connectivity index (χ1) is 17.7. The van der Waals surface area contributed by atoms with Crippen LogP contribution in [0.1, 0.15) is 35.3 Å². The zero-order valence-corrected chi connectivity index (χ0v) is 21.4. The first-order valence-electron chi connectivity index (χ1n) is 11.6. The van der Waals surface area contributed by atoms with Gasteiger partial charge in [0.2, 0.25) is 5.96 Å². The molecule has 0 aliphatic carbocycles. The molecule has 1 aliphatic rings. The highest BCUT2D eigenvalue weighted by molar-refractivity contribution is 6.31. The SMILES string of the molecule is CC1=C(C(=O)NCc2cnn(C)c2C)C(c2ccc(C)cc2Cl)N=C(Nc2nc3ccc(F)cc3o2)N1. The highest BCUT2D eigenvalue weighted by atomic mass is 35.5. The van der Waals surface area contributed by atoms with Crippen LogP contribution in [0, 0.1) is 19.7 Å². The molecule has 2 aromatic heterocycles. The number of nitrogens with one attached hydrogen (secondary N) is 3. The molecule has 5 rings (SSSR count). The van der Waals surface area contributed by atoms with Gasteiger partial charge in [0, 0.05) is 47.2 Å². The molecule has 3 N–H and O–H groups in total. The molecule has 37 heavy (non-hydrogen) atoms. The van der Waals surface area contributed by atoms with E-state index < -0.39 is 11.9 Å². The number of carbonyl (C=O) groups is 1. The summed E-state index contributed by atoms with van der Waals surface area (Å²) in [4.78, 5) is 22.5. The largest absolute Gasteiger partial charge is 0.423 e. The summed E-state index contributed by atoms with van der Waals surface area (Å²) in [5, 5.41) is 13.8. The van der Waals surface area contributed by atoms with Gasteiger partial charge < -0.3 is 15.1 Å². The summed E-state index contributed by atoms with van der Waals surface area (Å²) in [5.41, 5.74) is 5.36. The lowest BCUT2D eigenvalue weighted by Crippen LogP contribution is -2.39. The van der Waals surface area contributed by atoms with Crippen molar-refractivity contribution < 1.29 is 13.6 Å². The number of hydrogen-bond acceptors (Lipinski definition) is 7. The van der Waals surface area contributed by atoms with Gasteiger partial charge >= 0.3 is 6.01 Å². The molecular formula is C26H25ClFN7O2. The molecule has 11 heteroatoms. The van der Waals surface area contributed by atoms with Gasteiger partial charge in [-0.1, -0.05) is 23.7 Å². The van der Waals surface area contributed by atoms with Crippen molar-refractivity contribution in [1.82, 2.24) is 25.4 Å². The Morgan fingerprint density at radius 1 is 1.22 bits per heavy atom. The maximum absolute atomic E-state index is 13.6. The van der Waals surface area contributed by atoms with Crippen molar-refractivity contribution in [3.05, 3.63) is 87.1 Å². The van der Waals surface area contributed by atoms with Crippen LogP contribution in [-0.2, 0) is 18.4 Å². The molecule has 0 saturated carbocycles. The first kappa shape index (κ1) is 24.5. The summed E-state index contributed by atoms with van der Waals surface area (Å²) in [6.45, 7) is 5.99. The van der Waals surface area contributed by atoms with Gasteiger partial charge in [0.05, 0.1) is 11.8 Å². The minimum Gasteiger partial charge on any atom is -0.423 e. The van der Waals surface area contributed by atoms with Crippen molar-refractivity contribution in [3.63, 3.8) is 0 Å². The number of aromatic nitrogens is 3. The van der Waals surface area contributed by atoms with Crippen LogP contribution in [-0.4, -0.2) is 26.6 Å². The highest BCUT2D eigenvalue weighted by Gasteiger charge is 2.31. The van der Waals surface area contributed by atoms with Gasteiger partial charge in [0.25, 0.3) is 5.91 Å². The Morgan fingerprint density at radius 2 is 2.03 bits per heavy atom. The molecule has 1 amide bonds. The summed E-state index contributed by atoms with van der Waals surface area (Å²) < 4.78 is 21.0. The van der Waals surface area contributed by atoms with Gasteiger partial charge in [0.15, 0.2) is 5.58 Å². The Balaban J connectivity index is 1.46. The lowest BCUT2D eigenvalue weighted by Gasteiger charge is -2.27. The Bertz CT molecular complexity index is 1590. The molecule has 0 fully saturated rings. The van der Waals surface area contributed by atoms with E-state index >= 15 is 0 Å². The summed E-state index contributed by atoms with van der Waals surface area (Å²) in [7, 11) is 1.85. The minimum absolute atomic E-state index is 0.133. The van der Waals surface area contributed by atoms with Crippen molar-refractivity contribution in [2.24, 2.45) is 12.0 Å². The number of fused-ring (bicyclic) bond motifs is 1. The van der Waals surface area contributed by atoms with Crippen molar-refractivity contribution in [2.45, 2.75) is 33.4 Å². The van der Waals surface area contributed by atoms with E-state index in [-0.39, 0.29) is 11.9 Å². The zero-order valence-electron chi connectivity index (χ0n) is 20.7. The number of benzene rings is 2. The van der Waals surface area contributed by atoms with Gasteiger partial charge in [0.1, 0.15) is 17.4 Å². The quantitative estimate of drug-likeness (QED) is 0.352. The minimum atomic E-state index is -0.700. The number of oxazole rings is 1. The number of carbonyl (C=O) groups excluding carboxylic acids is 1. The maximum atomic E-state index is 13.6. The number of guanidine groups is 1. The molecule has 0 radical (unpaired) electrons. The predicted octanol–water partition coefficient (Wildman–Crippen LogP) is 4.67. The monoisotopic (exact) mass is 521 g/mol. The number of halogens is 2. The fourth-order valence-electron chi connectivity index (χ4n) is 4.15. The van der Waals surface area contributed by atoms with Crippen LogP contribution in [0.15, 0.2) is 63.3 Å². The van der Waals surface area contributed by atoms with Crippen LogP contribution in [0.2, 0.25) is 5.02 Å². The number of rotatable bonds is 5. The Labute approximate surface area is 217 Å². The Morgan fingerprint density at radius 3 is 2.76 bits per heavy atom. The number of hydrogen-bond donors (Lipinski definition) is 3. The van der Waals surface area contributed by atoms with E-state index in [9.17, 15) is 9.18 Å².